The Hall–Kier alpha value is -2.25. The summed E-state index contributed by atoms with van der Waals surface area (Å²) in [4.78, 5) is 26.5. The largest absolute Gasteiger partial charge is 0.486 e. The van der Waals surface area contributed by atoms with Crippen molar-refractivity contribution in [3.63, 3.8) is 0 Å². The van der Waals surface area contributed by atoms with Crippen molar-refractivity contribution in [3.05, 3.63) is 29.8 Å². The molecule has 3 heterocycles. The summed E-state index contributed by atoms with van der Waals surface area (Å²) < 4.78 is 11.1. The van der Waals surface area contributed by atoms with Gasteiger partial charge in [0, 0.05) is 37.8 Å². The Balaban J connectivity index is 0.00000210. The van der Waals surface area contributed by atoms with Gasteiger partial charge < -0.3 is 25.0 Å². The molecule has 0 aromatic heterocycles. The monoisotopic (exact) mass is 393 g/mol. The Kier molecular flexibility index (Phi) is 6.23. The van der Waals surface area contributed by atoms with E-state index in [0.29, 0.717) is 37.8 Å². The zero-order valence-electron chi connectivity index (χ0n) is 15.0. The summed E-state index contributed by atoms with van der Waals surface area (Å²) in [5.41, 5.74) is 1.99. The van der Waals surface area contributed by atoms with Crippen molar-refractivity contribution in [3.8, 4) is 11.5 Å². The summed E-state index contributed by atoms with van der Waals surface area (Å²) in [6.45, 7) is 3.79. The minimum atomic E-state index is -0.321. The van der Waals surface area contributed by atoms with E-state index in [1.54, 1.807) is 4.90 Å². The summed E-state index contributed by atoms with van der Waals surface area (Å²) in [6.07, 6.45) is 3.30. The van der Waals surface area contributed by atoms with Crippen LogP contribution in [-0.4, -0.2) is 51.2 Å². The smallest absolute Gasteiger partial charge is 0.227 e. The number of halogens is 1. The molecule has 1 aromatic rings. The van der Waals surface area contributed by atoms with Gasteiger partial charge in [0.15, 0.2) is 11.5 Å². The predicted octanol–water partition coefficient (Wildman–Crippen LogP) is 1.27. The van der Waals surface area contributed by atoms with E-state index in [9.17, 15) is 9.59 Å². The van der Waals surface area contributed by atoms with Crippen LogP contribution in [0.5, 0.6) is 11.5 Å². The number of rotatable bonds is 4. The first-order chi connectivity index (χ1) is 12.7. The quantitative estimate of drug-likeness (QED) is 0.753. The van der Waals surface area contributed by atoms with Gasteiger partial charge in [-0.3, -0.25) is 9.59 Å². The van der Waals surface area contributed by atoms with Gasteiger partial charge >= 0.3 is 0 Å². The van der Waals surface area contributed by atoms with E-state index in [1.807, 2.05) is 18.2 Å². The molecule has 0 radical (unpaired) electrons. The second-order valence-electron chi connectivity index (χ2n) is 6.77. The Morgan fingerprint density at radius 3 is 2.85 bits per heavy atom. The maximum atomic E-state index is 12.5. The first-order valence-corrected chi connectivity index (χ1v) is 9.07. The van der Waals surface area contributed by atoms with Gasteiger partial charge in [0.05, 0.1) is 5.92 Å². The maximum Gasteiger partial charge on any atom is 0.227 e. The number of nitrogens with one attached hydrogen (secondary N) is 2. The summed E-state index contributed by atoms with van der Waals surface area (Å²) in [6, 6.07) is 5.46. The summed E-state index contributed by atoms with van der Waals surface area (Å²) in [5, 5.41) is 6.23. The lowest BCUT2D eigenvalue weighted by Crippen LogP contribution is -2.35. The highest BCUT2D eigenvalue weighted by molar-refractivity contribution is 6.00. The van der Waals surface area contributed by atoms with Gasteiger partial charge in [0.25, 0.3) is 0 Å². The second-order valence-corrected chi connectivity index (χ2v) is 6.77. The van der Waals surface area contributed by atoms with Crippen LogP contribution >= 0.6 is 12.4 Å². The molecule has 3 aliphatic heterocycles. The van der Waals surface area contributed by atoms with Crippen molar-refractivity contribution in [2.75, 3.05) is 44.3 Å². The molecule has 0 bridgehead atoms. The van der Waals surface area contributed by atoms with Crippen molar-refractivity contribution in [1.82, 2.24) is 10.6 Å². The van der Waals surface area contributed by atoms with Crippen LogP contribution in [0.1, 0.15) is 12.8 Å². The maximum absolute atomic E-state index is 12.5. The molecule has 0 saturated carbocycles. The molecular formula is C19H24ClN3O4. The van der Waals surface area contributed by atoms with Crippen LogP contribution in [0, 0.1) is 5.92 Å². The standard InChI is InChI=1S/C19H23N3O4.ClH/c23-18-9-14(19(24)21-11-13-3-5-20-6-4-13)12-22(18)15-1-2-16-17(10-15)26-8-7-25-16;/h1-3,10,14,20H,4-9,11-12H2,(H,21,24);1H. The van der Waals surface area contributed by atoms with E-state index < -0.39 is 0 Å². The Bertz CT molecular complexity index is 752. The van der Waals surface area contributed by atoms with Gasteiger partial charge in [-0.05, 0) is 25.1 Å². The third-order valence-electron chi connectivity index (χ3n) is 4.98. The SMILES string of the molecule is Cl.O=C(NCC1=CCNCC1)C1CC(=O)N(c2ccc3c(c2)OCCO3)C1. The number of amides is 2. The number of carbonyl (C=O) groups excluding carboxylic acids is 2. The fraction of sp³-hybridized carbons (Fsp3) is 0.474. The van der Waals surface area contributed by atoms with Crippen LogP contribution in [-0.2, 0) is 9.59 Å². The first kappa shape index (κ1) is 19.5. The molecule has 8 heteroatoms. The fourth-order valence-electron chi connectivity index (χ4n) is 3.51. The van der Waals surface area contributed by atoms with Crippen molar-refractivity contribution in [2.45, 2.75) is 12.8 Å². The molecule has 1 fully saturated rings. The summed E-state index contributed by atoms with van der Waals surface area (Å²) in [5.74, 6) is 0.919. The average Bonchev–Trinajstić information content (AvgIpc) is 3.08. The Morgan fingerprint density at radius 1 is 1.26 bits per heavy atom. The Labute approximate surface area is 164 Å². The van der Waals surface area contributed by atoms with Crippen molar-refractivity contribution in [1.29, 1.82) is 0 Å². The highest BCUT2D eigenvalue weighted by Gasteiger charge is 2.35. The van der Waals surface area contributed by atoms with Gasteiger partial charge in [-0.1, -0.05) is 11.6 Å². The lowest BCUT2D eigenvalue weighted by Gasteiger charge is -2.22. The highest BCUT2D eigenvalue weighted by atomic mass is 35.5. The number of nitrogens with zero attached hydrogens (tertiary/aromatic N) is 1. The predicted molar refractivity (Wildman–Crippen MR) is 104 cm³/mol. The van der Waals surface area contributed by atoms with E-state index in [1.165, 1.54) is 5.57 Å². The zero-order valence-corrected chi connectivity index (χ0v) is 15.8. The molecule has 146 valence electrons. The molecule has 2 amide bonds. The van der Waals surface area contributed by atoms with Gasteiger partial charge in [0.2, 0.25) is 11.8 Å². The number of fused-ring (bicyclic) bond motifs is 1. The number of carbonyl (C=O) groups is 2. The number of ether oxygens (including phenoxy) is 2. The number of benzene rings is 1. The normalized spacial score (nSPS) is 21.3. The first-order valence-electron chi connectivity index (χ1n) is 9.07. The molecular weight excluding hydrogens is 370 g/mol. The lowest BCUT2D eigenvalue weighted by molar-refractivity contribution is -0.126. The molecule has 1 saturated heterocycles. The lowest BCUT2D eigenvalue weighted by atomic mass is 10.1. The second kappa shape index (κ2) is 8.63. The van der Waals surface area contributed by atoms with E-state index in [4.69, 9.17) is 9.47 Å². The van der Waals surface area contributed by atoms with Gasteiger partial charge in [0.1, 0.15) is 13.2 Å². The molecule has 3 aliphatic rings. The van der Waals surface area contributed by atoms with Crippen LogP contribution in [0.3, 0.4) is 0 Å². The van der Waals surface area contributed by atoms with Crippen LogP contribution < -0.4 is 25.0 Å². The van der Waals surface area contributed by atoms with E-state index in [0.717, 1.165) is 25.2 Å². The van der Waals surface area contributed by atoms with Crippen molar-refractivity contribution < 1.29 is 19.1 Å². The molecule has 1 aromatic carbocycles. The minimum Gasteiger partial charge on any atom is -0.486 e. The van der Waals surface area contributed by atoms with E-state index in [-0.39, 0.29) is 36.6 Å². The zero-order chi connectivity index (χ0) is 17.9. The van der Waals surface area contributed by atoms with E-state index >= 15 is 0 Å². The molecule has 4 rings (SSSR count). The molecule has 0 spiro atoms. The number of anilines is 1. The van der Waals surface area contributed by atoms with E-state index in [2.05, 4.69) is 16.7 Å². The van der Waals surface area contributed by atoms with Crippen molar-refractivity contribution >= 4 is 29.9 Å². The molecule has 7 nitrogen and oxygen atoms in total. The van der Waals surface area contributed by atoms with Crippen molar-refractivity contribution in [2.24, 2.45) is 5.92 Å². The Morgan fingerprint density at radius 2 is 2.07 bits per heavy atom. The van der Waals surface area contributed by atoms with Gasteiger partial charge in [-0.15, -0.1) is 12.4 Å². The van der Waals surface area contributed by atoms with Gasteiger partial charge in [-0.25, -0.2) is 0 Å². The molecule has 2 N–H and O–H groups in total. The van der Waals surface area contributed by atoms with Gasteiger partial charge in [-0.2, -0.15) is 0 Å². The summed E-state index contributed by atoms with van der Waals surface area (Å²) in [7, 11) is 0. The van der Waals surface area contributed by atoms with Crippen LogP contribution in [0.25, 0.3) is 0 Å². The summed E-state index contributed by atoms with van der Waals surface area (Å²) >= 11 is 0. The van der Waals surface area contributed by atoms with Crippen LogP contribution in [0.2, 0.25) is 0 Å². The highest BCUT2D eigenvalue weighted by Crippen LogP contribution is 2.35. The number of hydrogen-bond acceptors (Lipinski definition) is 5. The fourth-order valence-corrected chi connectivity index (χ4v) is 3.51. The number of hydrogen-bond donors (Lipinski definition) is 2. The molecule has 0 aliphatic carbocycles. The topological polar surface area (TPSA) is 79.9 Å². The van der Waals surface area contributed by atoms with Crippen LogP contribution in [0.4, 0.5) is 5.69 Å². The minimum absolute atomic E-state index is 0. The third-order valence-corrected chi connectivity index (χ3v) is 4.98. The third kappa shape index (κ3) is 4.36. The molecule has 1 unspecified atom stereocenters. The molecule has 27 heavy (non-hydrogen) atoms. The average molecular weight is 394 g/mol. The molecule has 1 atom stereocenters. The van der Waals surface area contributed by atoms with Crippen LogP contribution in [0.15, 0.2) is 29.8 Å².